The van der Waals surface area contributed by atoms with Crippen molar-refractivity contribution in [3.63, 3.8) is 0 Å². The summed E-state index contributed by atoms with van der Waals surface area (Å²) < 4.78 is 13.6. The zero-order valence-electron chi connectivity index (χ0n) is 14.4. The number of halogens is 1. The molecule has 0 saturated carbocycles. The van der Waals surface area contributed by atoms with Gasteiger partial charge in [-0.15, -0.1) is 0 Å². The number of nitrogens with zero attached hydrogens (tertiary/aromatic N) is 1. The normalized spacial score (nSPS) is 15.2. The minimum Gasteiger partial charge on any atom is -0.349 e. The molecule has 134 valence electrons. The van der Waals surface area contributed by atoms with Crippen LogP contribution in [0.3, 0.4) is 0 Å². The van der Waals surface area contributed by atoms with Crippen LogP contribution in [0.5, 0.6) is 0 Å². The SMILES string of the molecule is O=C(NC1CCN(C(=O)C=Cc2ccccc2F)CC1)c1ccccc1. The molecule has 1 N–H and O–H groups in total. The van der Waals surface area contributed by atoms with Crippen LogP contribution in [0.2, 0.25) is 0 Å². The van der Waals surface area contributed by atoms with Crippen LogP contribution in [0.4, 0.5) is 4.39 Å². The Balaban J connectivity index is 1.49. The third-order valence-corrected chi connectivity index (χ3v) is 4.49. The highest BCUT2D eigenvalue weighted by atomic mass is 19.1. The molecule has 1 aliphatic heterocycles. The molecular formula is C21H21FN2O2. The van der Waals surface area contributed by atoms with E-state index in [-0.39, 0.29) is 23.7 Å². The summed E-state index contributed by atoms with van der Waals surface area (Å²) in [5.41, 5.74) is 1.03. The number of rotatable bonds is 4. The molecule has 1 fully saturated rings. The van der Waals surface area contributed by atoms with E-state index >= 15 is 0 Å². The molecule has 3 rings (SSSR count). The molecule has 1 saturated heterocycles. The van der Waals surface area contributed by atoms with Crippen molar-refractivity contribution in [2.24, 2.45) is 0 Å². The first-order valence-electron chi connectivity index (χ1n) is 8.71. The molecular weight excluding hydrogens is 331 g/mol. The Morgan fingerprint density at radius 2 is 1.65 bits per heavy atom. The molecule has 0 atom stereocenters. The molecule has 2 aromatic rings. The van der Waals surface area contributed by atoms with Crippen LogP contribution in [0.15, 0.2) is 60.7 Å². The fourth-order valence-corrected chi connectivity index (χ4v) is 2.98. The summed E-state index contributed by atoms with van der Waals surface area (Å²) in [4.78, 5) is 26.2. The Bertz CT molecular complexity index is 797. The van der Waals surface area contributed by atoms with Gasteiger partial charge in [0.25, 0.3) is 5.91 Å². The van der Waals surface area contributed by atoms with Crippen molar-refractivity contribution in [3.05, 3.63) is 77.6 Å². The highest BCUT2D eigenvalue weighted by molar-refractivity contribution is 5.94. The average Bonchev–Trinajstić information content (AvgIpc) is 2.68. The number of hydrogen-bond donors (Lipinski definition) is 1. The molecule has 4 nitrogen and oxygen atoms in total. The van der Waals surface area contributed by atoms with Crippen molar-refractivity contribution in [2.45, 2.75) is 18.9 Å². The van der Waals surface area contributed by atoms with E-state index in [9.17, 15) is 14.0 Å². The van der Waals surface area contributed by atoms with Crippen molar-refractivity contribution < 1.29 is 14.0 Å². The lowest BCUT2D eigenvalue weighted by Gasteiger charge is -2.31. The van der Waals surface area contributed by atoms with Gasteiger partial charge in [-0.05, 0) is 37.1 Å². The maximum absolute atomic E-state index is 13.6. The Kier molecular flexibility index (Phi) is 5.79. The zero-order valence-corrected chi connectivity index (χ0v) is 14.4. The van der Waals surface area contributed by atoms with Crippen molar-refractivity contribution in [2.75, 3.05) is 13.1 Å². The maximum atomic E-state index is 13.6. The summed E-state index contributed by atoms with van der Waals surface area (Å²) in [5.74, 6) is -0.574. The first-order chi connectivity index (χ1) is 12.6. The second-order valence-corrected chi connectivity index (χ2v) is 6.29. The predicted molar refractivity (Wildman–Crippen MR) is 98.9 cm³/mol. The molecule has 0 bridgehead atoms. The number of piperidine rings is 1. The molecule has 0 aromatic heterocycles. The van der Waals surface area contributed by atoms with E-state index in [4.69, 9.17) is 0 Å². The maximum Gasteiger partial charge on any atom is 0.251 e. The molecule has 1 aliphatic rings. The highest BCUT2D eigenvalue weighted by Crippen LogP contribution is 2.13. The fourth-order valence-electron chi connectivity index (χ4n) is 2.98. The predicted octanol–water partition coefficient (Wildman–Crippen LogP) is 3.26. The summed E-state index contributed by atoms with van der Waals surface area (Å²) >= 11 is 0. The Morgan fingerprint density at radius 1 is 1.00 bits per heavy atom. The van der Waals surface area contributed by atoms with Gasteiger partial charge < -0.3 is 10.2 Å². The number of carbonyl (C=O) groups is 2. The quantitative estimate of drug-likeness (QED) is 0.859. The second kappa shape index (κ2) is 8.43. The smallest absolute Gasteiger partial charge is 0.251 e. The van der Waals surface area contributed by atoms with E-state index in [1.165, 1.54) is 18.2 Å². The van der Waals surface area contributed by atoms with E-state index in [2.05, 4.69) is 5.32 Å². The van der Waals surface area contributed by atoms with Crippen LogP contribution in [0, 0.1) is 5.82 Å². The van der Waals surface area contributed by atoms with Gasteiger partial charge >= 0.3 is 0 Å². The van der Waals surface area contributed by atoms with Crippen molar-refractivity contribution >= 4 is 17.9 Å². The zero-order chi connectivity index (χ0) is 18.4. The molecule has 2 amide bonds. The van der Waals surface area contributed by atoms with E-state index in [0.29, 0.717) is 37.1 Å². The van der Waals surface area contributed by atoms with Gasteiger partial charge in [-0.25, -0.2) is 4.39 Å². The van der Waals surface area contributed by atoms with Gasteiger partial charge in [0.15, 0.2) is 0 Å². The van der Waals surface area contributed by atoms with Crippen molar-refractivity contribution in [3.8, 4) is 0 Å². The van der Waals surface area contributed by atoms with Crippen LogP contribution < -0.4 is 5.32 Å². The van der Waals surface area contributed by atoms with Gasteiger partial charge in [0.2, 0.25) is 5.91 Å². The topological polar surface area (TPSA) is 49.4 Å². The first-order valence-corrected chi connectivity index (χ1v) is 8.71. The van der Waals surface area contributed by atoms with E-state index in [1.807, 2.05) is 18.2 Å². The van der Waals surface area contributed by atoms with Crippen LogP contribution in [-0.2, 0) is 4.79 Å². The van der Waals surface area contributed by atoms with Gasteiger partial charge in [-0.1, -0.05) is 36.4 Å². The minimum absolute atomic E-state index is 0.0577. The van der Waals surface area contributed by atoms with E-state index in [1.54, 1.807) is 35.2 Å². The lowest BCUT2D eigenvalue weighted by molar-refractivity contribution is -0.126. The van der Waals surface area contributed by atoms with Crippen LogP contribution in [-0.4, -0.2) is 35.8 Å². The van der Waals surface area contributed by atoms with Gasteiger partial charge in [0.05, 0.1) is 0 Å². The molecule has 0 spiro atoms. The minimum atomic E-state index is -0.348. The lowest BCUT2D eigenvalue weighted by atomic mass is 10.0. The number of benzene rings is 2. The van der Waals surface area contributed by atoms with Gasteiger partial charge in [-0.3, -0.25) is 9.59 Å². The second-order valence-electron chi connectivity index (χ2n) is 6.29. The summed E-state index contributed by atoms with van der Waals surface area (Å²) in [6.45, 7) is 1.14. The average molecular weight is 352 g/mol. The number of likely N-dealkylation sites (tertiary alicyclic amines) is 1. The van der Waals surface area contributed by atoms with E-state index < -0.39 is 0 Å². The molecule has 26 heavy (non-hydrogen) atoms. The first kappa shape index (κ1) is 17.9. The summed E-state index contributed by atoms with van der Waals surface area (Å²) in [6.07, 6.45) is 4.32. The van der Waals surface area contributed by atoms with Crippen molar-refractivity contribution in [1.82, 2.24) is 10.2 Å². The van der Waals surface area contributed by atoms with Crippen LogP contribution in [0.25, 0.3) is 6.08 Å². The largest absolute Gasteiger partial charge is 0.349 e. The van der Waals surface area contributed by atoms with Gasteiger partial charge in [0.1, 0.15) is 5.82 Å². The molecule has 0 radical (unpaired) electrons. The van der Waals surface area contributed by atoms with Crippen LogP contribution in [0.1, 0.15) is 28.8 Å². The third-order valence-electron chi connectivity index (χ3n) is 4.49. The van der Waals surface area contributed by atoms with Gasteiger partial charge in [-0.2, -0.15) is 0 Å². The third kappa shape index (κ3) is 4.57. The summed E-state index contributed by atoms with van der Waals surface area (Å²) in [5, 5.41) is 3.02. The molecule has 1 heterocycles. The highest BCUT2D eigenvalue weighted by Gasteiger charge is 2.23. The van der Waals surface area contributed by atoms with Crippen molar-refractivity contribution in [1.29, 1.82) is 0 Å². The monoisotopic (exact) mass is 352 g/mol. The summed E-state index contributed by atoms with van der Waals surface area (Å²) in [7, 11) is 0. The van der Waals surface area contributed by atoms with Gasteiger partial charge in [0, 0.05) is 36.3 Å². The summed E-state index contributed by atoms with van der Waals surface area (Å²) in [6, 6.07) is 15.5. The Labute approximate surface area is 152 Å². The molecule has 5 heteroatoms. The number of amides is 2. The molecule has 2 aromatic carbocycles. The van der Waals surface area contributed by atoms with Crippen LogP contribution >= 0.6 is 0 Å². The fraction of sp³-hybridized carbons (Fsp3) is 0.238. The lowest BCUT2D eigenvalue weighted by Crippen LogP contribution is -2.46. The Morgan fingerprint density at radius 3 is 2.35 bits per heavy atom. The number of carbonyl (C=O) groups excluding carboxylic acids is 2. The molecule has 0 unspecified atom stereocenters. The molecule has 0 aliphatic carbocycles. The standard InChI is InChI=1S/C21H21FN2O2/c22-19-9-5-4-6-16(19)10-11-20(25)24-14-12-18(13-15-24)23-21(26)17-7-2-1-3-8-17/h1-11,18H,12-15H2,(H,23,26). The number of nitrogens with one attached hydrogen (secondary N) is 1. The van der Waals surface area contributed by atoms with E-state index in [0.717, 1.165) is 0 Å². The number of hydrogen-bond acceptors (Lipinski definition) is 2. The Hall–Kier alpha value is -2.95.